The van der Waals surface area contributed by atoms with Crippen molar-refractivity contribution in [2.24, 2.45) is 16.5 Å². The van der Waals surface area contributed by atoms with Gasteiger partial charge in [0.25, 0.3) is 0 Å². The summed E-state index contributed by atoms with van der Waals surface area (Å²) >= 11 is 1.56. The summed E-state index contributed by atoms with van der Waals surface area (Å²) in [5.41, 5.74) is 12.5. The zero-order valence-electron chi connectivity index (χ0n) is 17.5. The molecule has 0 spiro atoms. The number of nitrogens with zero attached hydrogens (tertiary/aromatic N) is 1. The SMILES string of the molecule is Cl.Cl.N=C(N)c1ccc2sc(CC(C(=O)O)c3ccc(OC4CN=C(N)NC4)cc3)cc2c1. The molecule has 2 atom stereocenters. The molecule has 11 heteroatoms. The van der Waals surface area contributed by atoms with Crippen LogP contribution in [0.25, 0.3) is 10.1 Å². The Kier molecular flexibility index (Phi) is 8.92. The summed E-state index contributed by atoms with van der Waals surface area (Å²) < 4.78 is 6.93. The summed E-state index contributed by atoms with van der Waals surface area (Å²) in [4.78, 5) is 17.1. The van der Waals surface area contributed by atoms with E-state index in [9.17, 15) is 9.90 Å². The number of rotatable bonds is 7. The number of carboxylic acid groups (broad SMARTS) is 1. The third kappa shape index (κ3) is 6.28. The molecule has 0 saturated carbocycles. The molecule has 0 radical (unpaired) electrons. The van der Waals surface area contributed by atoms with Crippen LogP contribution in [0.15, 0.2) is 53.5 Å². The van der Waals surface area contributed by atoms with Crippen molar-refractivity contribution in [1.82, 2.24) is 5.32 Å². The number of fused-ring (bicyclic) bond motifs is 1. The number of ether oxygens (including phenoxy) is 1. The Labute approximate surface area is 207 Å². The Hall–Kier alpha value is -3.01. The maximum absolute atomic E-state index is 12.0. The van der Waals surface area contributed by atoms with Crippen LogP contribution in [0.1, 0.15) is 21.9 Å². The molecule has 2 aromatic carbocycles. The molecule has 3 aromatic rings. The first-order chi connectivity index (χ1) is 14.9. The molecule has 33 heavy (non-hydrogen) atoms. The third-order valence-corrected chi connectivity index (χ3v) is 6.28. The number of aliphatic carboxylic acids is 1. The average molecular weight is 510 g/mol. The van der Waals surface area contributed by atoms with Crippen molar-refractivity contribution in [2.45, 2.75) is 18.4 Å². The highest BCUT2D eigenvalue weighted by Crippen LogP contribution is 2.31. The first-order valence-electron chi connectivity index (χ1n) is 9.79. The van der Waals surface area contributed by atoms with Gasteiger partial charge in [-0.2, -0.15) is 0 Å². The number of guanidine groups is 1. The molecule has 7 N–H and O–H groups in total. The van der Waals surface area contributed by atoms with Crippen molar-refractivity contribution in [3.8, 4) is 5.75 Å². The molecule has 1 aromatic heterocycles. The van der Waals surface area contributed by atoms with Crippen LogP contribution in [0, 0.1) is 5.41 Å². The lowest BCUT2D eigenvalue weighted by Crippen LogP contribution is -2.45. The minimum absolute atomic E-state index is 0. The Balaban J connectivity index is 0.00000193. The molecular formula is C22H25Cl2N5O3S. The van der Waals surface area contributed by atoms with Crippen LogP contribution >= 0.6 is 36.2 Å². The second-order valence-electron chi connectivity index (χ2n) is 7.39. The van der Waals surface area contributed by atoms with E-state index in [1.165, 1.54) is 0 Å². The number of carboxylic acids is 1. The number of amidine groups is 1. The fraction of sp³-hybridized carbons (Fsp3) is 0.227. The number of nitrogen functional groups attached to an aromatic ring is 1. The first-order valence-corrected chi connectivity index (χ1v) is 10.6. The number of nitrogens with one attached hydrogen (secondary N) is 2. The number of hydrogen-bond donors (Lipinski definition) is 5. The largest absolute Gasteiger partial charge is 0.487 e. The van der Waals surface area contributed by atoms with Gasteiger partial charge in [-0.05, 0) is 53.8 Å². The highest BCUT2D eigenvalue weighted by Gasteiger charge is 2.22. The summed E-state index contributed by atoms with van der Waals surface area (Å²) in [5.74, 6) is -0.459. The second kappa shape index (κ2) is 11.2. The number of carbonyl (C=O) groups is 1. The Morgan fingerprint density at radius 1 is 1.24 bits per heavy atom. The lowest BCUT2D eigenvalue weighted by molar-refractivity contribution is -0.138. The molecule has 0 saturated heterocycles. The normalized spacial score (nSPS) is 15.9. The van der Waals surface area contributed by atoms with Gasteiger partial charge >= 0.3 is 5.97 Å². The number of hydrogen-bond acceptors (Lipinski definition) is 7. The topological polar surface area (TPSA) is 147 Å². The van der Waals surface area contributed by atoms with Gasteiger partial charge in [0, 0.05) is 15.1 Å². The molecule has 8 nitrogen and oxygen atoms in total. The lowest BCUT2D eigenvalue weighted by atomic mass is 9.95. The standard InChI is InChI=1S/C22H23N5O3S.2ClH/c23-20(24)13-3-6-19-14(7-13)8-17(31-19)9-18(21(28)29)12-1-4-15(5-2-12)30-16-10-26-22(25)27-11-16;;/h1-8,16,18H,9-11H2,(H3,23,24)(H,28,29)(H3,25,26,27);2*1H. The fourth-order valence-electron chi connectivity index (χ4n) is 3.50. The second-order valence-corrected chi connectivity index (χ2v) is 8.56. The summed E-state index contributed by atoms with van der Waals surface area (Å²) in [6.07, 6.45) is 0.261. The van der Waals surface area contributed by atoms with Gasteiger partial charge < -0.3 is 26.6 Å². The van der Waals surface area contributed by atoms with E-state index in [0.717, 1.165) is 15.0 Å². The predicted molar refractivity (Wildman–Crippen MR) is 137 cm³/mol. The van der Waals surface area contributed by atoms with Gasteiger partial charge in [-0.3, -0.25) is 10.2 Å². The molecule has 2 heterocycles. The maximum Gasteiger partial charge on any atom is 0.311 e. The van der Waals surface area contributed by atoms with E-state index < -0.39 is 11.9 Å². The van der Waals surface area contributed by atoms with Crippen molar-refractivity contribution in [3.63, 3.8) is 0 Å². The van der Waals surface area contributed by atoms with Crippen molar-refractivity contribution in [2.75, 3.05) is 13.1 Å². The van der Waals surface area contributed by atoms with Crippen LogP contribution in [0.5, 0.6) is 5.75 Å². The van der Waals surface area contributed by atoms with E-state index in [1.807, 2.05) is 18.2 Å². The first kappa shape index (κ1) is 26.2. The Bertz CT molecular complexity index is 1170. The zero-order chi connectivity index (χ0) is 22.0. The summed E-state index contributed by atoms with van der Waals surface area (Å²) in [6.45, 7) is 1.06. The molecule has 4 rings (SSSR count). The monoisotopic (exact) mass is 509 g/mol. The minimum atomic E-state index is -0.878. The van der Waals surface area contributed by atoms with E-state index in [4.69, 9.17) is 21.6 Å². The van der Waals surface area contributed by atoms with Gasteiger partial charge in [-0.25, -0.2) is 4.99 Å². The van der Waals surface area contributed by atoms with Crippen LogP contribution in [-0.4, -0.2) is 42.1 Å². The fourth-order valence-corrected chi connectivity index (χ4v) is 4.59. The molecule has 176 valence electrons. The molecule has 1 aliphatic rings. The molecule has 0 amide bonds. The third-order valence-electron chi connectivity index (χ3n) is 5.14. The van der Waals surface area contributed by atoms with Crippen molar-refractivity contribution < 1.29 is 14.6 Å². The van der Waals surface area contributed by atoms with Gasteiger partial charge in [0.1, 0.15) is 17.7 Å². The number of halogens is 2. The molecule has 0 aliphatic carbocycles. The van der Waals surface area contributed by atoms with Gasteiger partial charge in [0.15, 0.2) is 5.96 Å². The van der Waals surface area contributed by atoms with Crippen LogP contribution < -0.4 is 21.5 Å². The van der Waals surface area contributed by atoms with Gasteiger partial charge in [0.2, 0.25) is 0 Å². The highest BCUT2D eigenvalue weighted by atomic mass is 35.5. The van der Waals surface area contributed by atoms with Gasteiger partial charge in [0.05, 0.1) is 19.0 Å². The van der Waals surface area contributed by atoms with E-state index in [1.54, 1.807) is 41.7 Å². The Morgan fingerprint density at radius 3 is 2.58 bits per heavy atom. The van der Waals surface area contributed by atoms with Gasteiger partial charge in [-0.1, -0.05) is 12.1 Å². The molecular weight excluding hydrogens is 485 g/mol. The van der Waals surface area contributed by atoms with Crippen LogP contribution in [0.3, 0.4) is 0 Å². The zero-order valence-corrected chi connectivity index (χ0v) is 19.9. The van der Waals surface area contributed by atoms with Crippen LogP contribution in [0.2, 0.25) is 0 Å². The number of benzene rings is 2. The van der Waals surface area contributed by atoms with E-state index in [-0.39, 0.29) is 36.8 Å². The summed E-state index contributed by atoms with van der Waals surface area (Å²) in [5, 5.41) is 21.3. The minimum Gasteiger partial charge on any atom is -0.487 e. The number of thiophene rings is 1. The molecule has 1 aliphatic heterocycles. The quantitative estimate of drug-likeness (QED) is 0.244. The summed E-state index contributed by atoms with van der Waals surface area (Å²) in [6, 6.07) is 14.7. The summed E-state index contributed by atoms with van der Waals surface area (Å²) in [7, 11) is 0. The molecule has 0 fully saturated rings. The van der Waals surface area contributed by atoms with Crippen LogP contribution in [0.4, 0.5) is 0 Å². The van der Waals surface area contributed by atoms with Gasteiger partial charge in [-0.15, -0.1) is 36.2 Å². The maximum atomic E-state index is 12.0. The predicted octanol–water partition coefficient (Wildman–Crippen LogP) is 3.11. The van der Waals surface area contributed by atoms with Crippen molar-refractivity contribution in [1.29, 1.82) is 5.41 Å². The Morgan fingerprint density at radius 2 is 1.97 bits per heavy atom. The highest BCUT2D eigenvalue weighted by molar-refractivity contribution is 7.19. The average Bonchev–Trinajstić information content (AvgIpc) is 3.16. The lowest BCUT2D eigenvalue weighted by Gasteiger charge is -2.22. The van der Waals surface area contributed by atoms with E-state index in [0.29, 0.717) is 42.3 Å². The van der Waals surface area contributed by atoms with Crippen LogP contribution in [-0.2, 0) is 11.2 Å². The van der Waals surface area contributed by atoms with E-state index >= 15 is 0 Å². The van der Waals surface area contributed by atoms with E-state index in [2.05, 4.69) is 10.3 Å². The smallest absolute Gasteiger partial charge is 0.311 e. The number of nitrogens with two attached hydrogens (primary N) is 2. The van der Waals surface area contributed by atoms with Crippen molar-refractivity contribution >= 4 is 64.0 Å². The number of aliphatic imine (C=N–C) groups is 1. The van der Waals surface area contributed by atoms with Crippen molar-refractivity contribution in [3.05, 3.63) is 64.5 Å². The molecule has 2 unspecified atom stereocenters. The molecule has 0 bridgehead atoms.